The molecule has 0 spiro atoms. The molecule has 42 heavy (non-hydrogen) atoms. The third-order valence-corrected chi connectivity index (χ3v) is 10.7. The fraction of sp³-hybridized carbons (Fsp3) is 0. The summed E-state index contributed by atoms with van der Waals surface area (Å²) in [6.45, 7) is 0. The molecule has 0 nitrogen and oxygen atoms in total. The van der Waals surface area contributed by atoms with Gasteiger partial charge in [-0.3, -0.25) is 0 Å². The highest BCUT2D eigenvalue weighted by Gasteiger charge is 2.18. The van der Waals surface area contributed by atoms with Gasteiger partial charge in [-0.1, -0.05) is 163 Å². The largest absolute Gasteiger partial charge is 0.0616 e. The Kier molecular flexibility index (Phi) is 6.53. The normalized spacial score (nSPS) is 12.1. The average Bonchev–Trinajstić information content (AvgIpc) is 3.05. The summed E-state index contributed by atoms with van der Waals surface area (Å²) in [5.74, 6) is 0. The molecule has 0 radical (unpaired) electrons. The van der Waals surface area contributed by atoms with Crippen LogP contribution in [0.3, 0.4) is 0 Å². The van der Waals surface area contributed by atoms with E-state index < -0.39 is 0 Å². The fourth-order valence-electron chi connectivity index (χ4n) is 6.14. The summed E-state index contributed by atoms with van der Waals surface area (Å²) in [5, 5.41) is 15.9. The van der Waals surface area contributed by atoms with Crippen LogP contribution in [0.4, 0.5) is 0 Å². The Bertz CT molecular complexity index is 2100. The summed E-state index contributed by atoms with van der Waals surface area (Å²) in [7, 11) is 1.11. The van der Waals surface area contributed by atoms with Crippen LogP contribution in [-0.2, 0) is 0 Å². The predicted octanol–water partition coefficient (Wildman–Crippen LogP) is 9.22. The van der Waals surface area contributed by atoms with E-state index in [-0.39, 0.29) is 0 Å². The average molecular weight is 571 g/mol. The van der Waals surface area contributed by atoms with Crippen molar-refractivity contribution in [2.24, 2.45) is 0 Å². The number of hydrogen-bond acceptors (Lipinski definition) is 0. The molecule has 0 aliphatic carbocycles. The smallest absolute Gasteiger partial charge is 0.00150 e. The lowest BCUT2D eigenvalue weighted by Crippen LogP contribution is -2.13. The molecule has 0 amide bonds. The number of hydrogen-bond donors (Lipinski definition) is 0. The van der Waals surface area contributed by atoms with Crippen molar-refractivity contribution in [2.75, 3.05) is 0 Å². The zero-order chi connectivity index (χ0) is 27.9. The maximum atomic E-state index is 2.37. The van der Waals surface area contributed by atoms with Gasteiger partial charge in [-0.25, -0.2) is 0 Å². The second kappa shape index (κ2) is 10.8. The molecule has 0 aromatic heterocycles. The Labute approximate surface area is 249 Å². The molecule has 2 unspecified atom stereocenters. The second-order valence-corrected chi connectivity index (χ2v) is 13.5. The van der Waals surface area contributed by atoms with E-state index in [0.717, 1.165) is 0 Å². The monoisotopic (exact) mass is 570 g/mol. The predicted molar refractivity (Wildman–Crippen MR) is 190 cm³/mol. The Morgan fingerprint density at radius 1 is 0.286 bits per heavy atom. The standard InChI is InChI=1S/C40H28P2/c1-3-13-31-25-33(21-17-27(31)9-1)41-37-23-19-29-11-5-7-15-35(29)39(37)40-36-16-8-6-12-30(36)20-24-38(40)42-34-22-18-28-10-2-4-14-32(28)26-34/h1-26,41-42H. The van der Waals surface area contributed by atoms with Crippen LogP contribution in [0.25, 0.3) is 54.2 Å². The van der Waals surface area contributed by atoms with E-state index in [1.165, 1.54) is 75.4 Å². The molecule has 0 N–H and O–H groups in total. The van der Waals surface area contributed by atoms with Crippen molar-refractivity contribution in [2.45, 2.75) is 0 Å². The summed E-state index contributed by atoms with van der Waals surface area (Å²) < 4.78 is 0. The van der Waals surface area contributed by atoms with Gasteiger partial charge in [-0.15, -0.1) is 0 Å². The van der Waals surface area contributed by atoms with Crippen molar-refractivity contribution in [3.05, 3.63) is 158 Å². The molecule has 0 heterocycles. The Morgan fingerprint density at radius 2 is 0.643 bits per heavy atom. The van der Waals surface area contributed by atoms with Crippen LogP contribution in [0, 0.1) is 0 Å². The molecule has 0 aliphatic heterocycles. The lowest BCUT2D eigenvalue weighted by Gasteiger charge is -2.20. The molecule has 2 atom stereocenters. The van der Waals surface area contributed by atoms with Gasteiger partial charge in [0.05, 0.1) is 0 Å². The first kappa shape index (κ1) is 25.4. The van der Waals surface area contributed by atoms with Crippen LogP contribution in [0.5, 0.6) is 0 Å². The van der Waals surface area contributed by atoms with Crippen LogP contribution < -0.4 is 21.2 Å². The van der Waals surface area contributed by atoms with Gasteiger partial charge in [0.15, 0.2) is 0 Å². The van der Waals surface area contributed by atoms with Crippen molar-refractivity contribution in [3.8, 4) is 11.1 Å². The minimum absolute atomic E-state index is 0.553. The number of fused-ring (bicyclic) bond motifs is 4. The molecule has 198 valence electrons. The zero-order valence-electron chi connectivity index (χ0n) is 23.0. The molecule has 8 aromatic carbocycles. The maximum Gasteiger partial charge on any atom is -0.00150 e. The highest BCUT2D eigenvalue weighted by molar-refractivity contribution is 7.56. The van der Waals surface area contributed by atoms with Gasteiger partial charge in [-0.05, 0) is 87.6 Å². The van der Waals surface area contributed by atoms with Crippen molar-refractivity contribution >= 4 is 81.5 Å². The minimum atomic E-state index is 0.553. The lowest BCUT2D eigenvalue weighted by molar-refractivity contribution is 1.73. The van der Waals surface area contributed by atoms with Gasteiger partial charge >= 0.3 is 0 Å². The van der Waals surface area contributed by atoms with Gasteiger partial charge < -0.3 is 0 Å². The van der Waals surface area contributed by atoms with E-state index in [2.05, 4.69) is 158 Å². The summed E-state index contributed by atoms with van der Waals surface area (Å²) >= 11 is 0. The Hall–Kier alpha value is -4.34. The van der Waals surface area contributed by atoms with Crippen LogP contribution in [0.15, 0.2) is 158 Å². The van der Waals surface area contributed by atoms with Crippen molar-refractivity contribution < 1.29 is 0 Å². The number of rotatable bonds is 5. The molecule has 8 rings (SSSR count). The number of benzene rings is 8. The van der Waals surface area contributed by atoms with E-state index in [9.17, 15) is 0 Å². The van der Waals surface area contributed by atoms with E-state index in [4.69, 9.17) is 0 Å². The first-order chi connectivity index (χ1) is 20.8. The van der Waals surface area contributed by atoms with Gasteiger partial charge in [0.2, 0.25) is 0 Å². The summed E-state index contributed by atoms with van der Waals surface area (Å²) in [6, 6.07) is 58.3. The lowest BCUT2D eigenvalue weighted by atomic mass is 9.93. The highest BCUT2D eigenvalue weighted by Crippen LogP contribution is 2.37. The van der Waals surface area contributed by atoms with Crippen molar-refractivity contribution in [1.82, 2.24) is 0 Å². The van der Waals surface area contributed by atoms with Gasteiger partial charge in [0.25, 0.3) is 0 Å². The molecule has 0 saturated carbocycles. The third-order valence-electron chi connectivity index (χ3n) is 8.16. The molecule has 0 aliphatic rings. The highest BCUT2D eigenvalue weighted by atomic mass is 31.1. The molecule has 2 heteroatoms. The first-order valence-electron chi connectivity index (χ1n) is 14.4. The molecule has 0 saturated heterocycles. The summed E-state index contributed by atoms with van der Waals surface area (Å²) in [6.07, 6.45) is 0. The van der Waals surface area contributed by atoms with E-state index in [1.54, 1.807) is 0 Å². The fourth-order valence-corrected chi connectivity index (χ4v) is 8.65. The van der Waals surface area contributed by atoms with E-state index >= 15 is 0 Å². The topological polar surface area (TPSA) is 0 Å². The molecule has 0 bridgehead atoms. The molecular weight excluding hydrogens is 542 g/mol. The maximum absolute atomic E-state index is 2.37. The van der Waals surface area contributed by atoms with Gasteiger partial charge in [-0.2, -0.15) is 0 Å². The third kappa shape index (κ3) is 4.68. The molecular formula is C40H28P2. The minimum Gasteiger partial charge on any atom is -0.0616 e. The zero-order valence-corrected chi connectivity index (χ0v) is 25.0. The van der Waals surface area contributed by atoms with Crippen molar-refractivity contribution in [1.29, 1.82) is 0 Å². The van der Waals surface area contributed by atoms with E-state index in [1.807, 2.05) is 0 Å². The Morgan fingerprint density at radius 3 is 1.10 bits per heavy atom. The van der Waals surface area contributed by atoms with Crippen molar-refractivity contribution in [3.63, 3.8) is 0 Å². The second-order valence-electron chi connectivity index (χ2n) is 10.8. The van der Waals surface area contributed by atoms with Gasteiger partial charge in [0, 0.05) is 0 Å². The summed E-state index contributed by atoms with van der Waals surface area (Å²) in [5.41, 5.74) is 2.75. The molecule has 0 fully saturated rings. The van der Waals surface area contributed by atoms with Crippen LogP contribution in [0.1, 0.15) is 0 Å². The van der Waals surface area contributed by atoms with Gasteiger partial charge in [0.1, 0.15) is 0 Å². The first-order valence-corrected chi connectivity index (χ1v) is 16.4. The van der Waals surface area contributed by atoms with Crippen LogP contribution >= 0.6 is 17.2 Å². The SMILES string of the molecule is c1ccc2cc(Pc3ccc4ccccc4c3-c3c(Pc4ccc5ccccc5c4)ccc4ccccc34)ccc2c1. The van der Waals surface area contributed by atoms with Crippen LogP contribution in [0.2, 0.25) is 0 Å². The molecule has 8 aromatic rings. The quantitative estimate of drug-likeness (QED) is 0.181. The Balaban J connectivity index is 1.36. The van der Waals surface area contributed by atoms with Crippen LogP contribution in [-0.4, -0.2) is 0 Å². The summed E-state index contributed by atoms with van der Waals surface area (Å²) in [4.78, 5) is 0. The van der Waals surface area contributed by atoms with E-state index in [0.29, 0.717) is 17.2 Å².